The van der Waals surface area contributed by atoms with Crippen molar-refractivity contribution in [3.63, 3.8) is 0 Å². The highest BCUT2D eigenvalue weighted by atomic mass is 32.2. The summed E-state index contributed by atoms with van der Waals surface area (Å²) >= 11 is 3.54. The number of thioether (sulfide) groups is 2. The number of nitrogens with zero attached hydrogens (tertiary/aromatic N) is 4. The topological polar surface area (TPSA) is 34.0 Å². The number of benzene rings is 1. The van der Waals surface area contributed by atoms with Crippen LogP contribution in [-0.4, -0.2) is 14.9 Å². The van der Waals surface area contributed by atoms with Gasteiger partial charge in [-0.1, -0.05) is 55.9 Å². The minimum atomic E-state index is 0.272. The third kappa shape index (κ3) is 1.71. The third-order valence-corrected chi connectivity index (χ3v) is 5.58. The van der Waals surface area contributed by atoms with Crippen molar-refractivity contribution >= 4 is 23.5 Å². The van der Waals surface area contributed by atoms with Crippen LogP contribution < -0.4 is 5.01 Å². The maximum Gasteiger partial charge on any atom is 0.216 e. The summed E-state index contributed by atoms with van der Waals surface area (Å²) in [5.74, 6) is 1.39. The quantitative estimate of drug-likeness (QED) is 0.845. The first-order valence-corrected chi connectivity index (χ1v) is 8.35. The minimum Gasteiger partial charge on any atom is -0.252 e. The summed E-state index contributed by atoms with van der Waals surface area (Å²) in [6, 6.07) is 10.6. The summed E-state index contributed by atoms with van der Waals surface area (Å²) < 4.78 is 2.18. The minimum absolute atomic E-state index is 0.272. The molecule has 0 fully saturated rings. The Morgan fingerprint density at radius 3 is 2.70 bits per heavy atom. The van der Waals surface area contributed by atoms with E-state index in [2.05, 4.69) is 69.5 Å². The Morgan fingerprint density at radius 2 is 1.95 bits per heavy atom. The van der Waals surface area contributed by atoms with Crippen LogP contribution >= 0.6 is 23.5 Å². The molecule has 2 aliphatic rings. The predicted molar refractivity (Wildman–Crippen MR) is 83.0 cm³/mol. The van der Waals surface area contributed by atoms with Gasteiger partial charge in [-0.25, -0.2) is 4.68 Å². The lowest BCUT2D eigenvalue weighted by Gasteiger charge is -2.26. The Hall–Kier alpha value is -1.40. The van der Waals surface area contributed by atoms with Crippen molar-refractivity contribution in [3.05, 3.63) is 52.2 Å². The van der Waals surface area contributed by atoms with Crippen LogP contribution in [0, 0.1) is 0 Å². The van der Waals surface area contributed by atoms with Gasteiger partial charge >= 0.3 is 0 Å². The molecule has 2 aromatic rings. The molecule has 0 aliphatic carbocycles. The number of hydrogen-bond acceptors (Lipinski definition) is 5. The van der Waals surface area contributed by atoms with Gasteiger partial charge in [0, 0.05) is 11.3 Å². The van der Waals surface area contributed by atoms with E-state index in [0.717, 1.165) is 11.0 Å². The molecule has 0 unspecified atom stereocenters. The predicted octanol–water partition coefficient (Wildman–Crippen LogP) is 3.69. The lowest BCUT2D eigenvalue weighted by molar-refractivity contribution is 0.582. The van der Waals surface area contributed by atoms with Crippen LogP contribution in [0.15, 0.2) is 45.9 Å². The molecule has 6 heteroatoms. The van der Waals surface area contributed by atoms with Crippen molar-refractivity contribution in [1.29, 1.82) is 0 Å². The molecular formula is C14H14N4S2. The van der Waals surface area contributed by atoms with Gasteiger partial charge in [-0.2, -0.15) is 0 Å². The monoisotopic (exact) mass is 302 g/mol. The summed E-state index contributed by atoms with van der Waals surface area (Å²) in [6.45, 7) is 4.31. The normalized spacial score (nSPS) is 20.2. The first kappa shape index (κ1) is 12.3. The molecule has 0 radical (unpaired) electrons. The first-order chi connectivity index (χ1) is 9.75. The van der Waals surface area contributed by atoms with Crippen LogP contribution in [0.25, 0.3) is 0 Å². The van der Waals surface area contributed by atoms with Crippen LogP contribution in [0.5, 0.6) is 0 Å². The van der Waals surface area contributed by atoms with Gasteiger partial charge in [0.1, 0.15) is 10.4 Å². The van der Waals surface area contributed by atoms with Crippen LogP contribution in [0.3, 0.4) is 0 Å². The summed E-state index contributed by atoms with van der Waals surface area (Å²) in [6.07, 6.45) is 0. The fourth-order valence-electron chi connectivity index (χ4n) is 2.46. The summed E-state index contributed by atoms with van der Waals surface area (Å²) in [4.78, 5) is 0. The summed E-state index contributed by atoms with van der Waals surface area (Å²) in [5, 5.41) is 15.7. The molecule has 2 aliphatic heterocycles. The van der Waals surface area contributed by atoms with Crippen molar-refractivity contribution in [3.8, 4) is 0 Å². The van der Waals surface area contributed by atoms with E-state index >= 15 is 0 Å². The molecule has 20 heavy (non-hydrogen) atoms. The molecule has 0 saturated heterocycles. The molecular weight excluding hydrogens is 288 g/mol. The fraction of sp³-hybridized carbons (Fsp3) is 0.286. The van der Waals surface area contributed by atoms with Crippen molar-refractivity contribution in [2.45, 2.75) is 30.3 Å². The smallest absolute Gasteiger partial charge is 0.216 e. The van der Waals surface area contributed by atoms with Gasteiger partial charge in [0.25, 0.3) is 0 Å². The Kier molecular flexibility index (Phi) is 2.82. The van der Waals surface area contributed by atoms with Crippen LogP contribution in [0.4, 0.5) is 0 Å². The number of fused-ring (bicyclic) bond motifs is 3. The zero-order chi connectivity index (χ0) is 13.7. The van der Waals surface area contributed by atoms with Gasteiger partial charge in [0.2, 0.25) is 5.16 Å². The van der Waals surface area contributed by atoms with Crippen LogP contribution in [0.1, 0.15) is 36.5 Å². The Morgan fingerprint density at radius 1 is 1.15 bits per heavy atom. The van der Waals surface area contributed by atoms with E-state index in [4.69, 9.17) is 0 Å². The Labute approximate surface area is 126 Å². The second-order valence-corrected chi connectivity index (χ2v) is 7.05. The van der Waals surface area contributed by atoms with Crippen molar-refractivity contribution in [1.82, 2.24) is 14.9 Å². The third-order valence-electron chi connectivity index (χ3n) is 3.39. The molecule has 0 N–H and O–H groups in total. The highest BCUT2D eigenvalue weighted by Crippen LogP contribution is 2.51. The van der Waals surface area contributed by atoms with Gasteiger partial charge < -0.3 is 0 Å². The van der Waals surface area contributed by atoms with E-state index in [1.165, 1.54) is 10.6 Å². The molecule has 4 nitrogen and oxygen atoms in total. The number of rotatable bonds is 2. The van der Waals surface area contributed by atoms with Gasteiger partial charge in [-0.15, -0.1) is 10.2 Å². The highest BCUT2D eigenvalue weighted by Gasteiger charge is 2.39. The summed E-state index contributed by atoms with van der Waals surface area (Å²) in [5.41, 5.74) is 1.31. The van der Waals surface area contributed by atoms with E-state index in [-0.39, 0.29) is 5.37 Å². The molecule has 1 aromatic heterocycles. The molecule has 1 aromatic carbocycles. The van der Waals surface area contributed by atoms with Gasteiger partial charge in [-0.05, 0) is 17.3 Å². The molecule has 0 bridgehead atoms. The molecule has 3 heterocycles. The van der Waals surface area contributed by atoms with Gasteiger partial charge in [0.15, 0.2) is 5.82 Å². The SMILES string of the molecule is CC(C)c1nnc2n1N1C(=CS[C@H]1c1ccccc1)S2. The molecule has 4 rings (SSSR count). The maximum absolute atomic E-state index is 4.34. The van der Waals surface area contributed by atoms with Crippen LogP contribution in [-0.2, 0) is 0 Å². The first-order valence-electron chi connectivity index (χ1n) is 6.59. The van der Waals surface area contributed by atoms with Gasteiger partial charge in [-0.3, -0.25) is 5.01 Å². The van der Waals surface area contributed by atoms with Crippen LogP contribution in [0.2, 0.25) is 0 Å². The highest BCUT2D eigenvalue weighted by molar-refractivity contribution is 8.07. The van der Waals surface area contributed by atoms with Crippen molar-refractivity contribution < 1.29 is 0 Å². The van der Waals surface area contributed by atoms with E-state index in [1.807, 2.05) is 11.8 Å². The lowest BCUT2D eigenvalue weighted by Crippen LogP contribution is -2.31. The summed E-state index contributed by atoms with van der Waals surface area (Å²) in [7, 11) is 0. The Balaban J connectivity index is 1.79. The van der Waals surface area contributed by atoms with Gasteiger partial charge in [0.05, 0.1) is 0 Å². The molecule has 0 spiro atoms. The zero-order valence-corrected chi connectivity index (χ0v) is 12.9. The Bertz CT molecular complexity index is 678. The molecule has 0 saturated carbocycles. The molecule has 0 amide bonds. The van der Waals surface area contributed by atoms with E-state index in [9.17, 15) is 0 Å². The number of hydrogen-bond donors (Lipinski definition) is 0. The molecule has 102 valence electrons. The largest absolute Gasteiger partial charge is 0.252 e. The van der Waals surface area contributed by atoms with Crippen molar-refractivity contribution in [2.24, 2.45) is 0 Å². The lowest BCUT2D eigenvalue weighted by atomic mass is 10.2. The second-order valence-electron chi connectivity index (χ2n) is 5.11. The zero-order valence-electron chi connectivity index (χ0n) is 11.2. The average molecular weight is 302 g/mol. The average Bonchev–Trinajstić information content (AvgIpc) is 3.09. The van der Waals surface area contributed by atoms with Crippen molar-refractivity contribution in [2.75, 3.05) is 5.01 Å². The standard InChI is InChI=1S/C14H14N4S2/c1-9(2)12-15-16-14-18(12)17-11(20-14)8-19-13(17)10-6-4-3-5-7-10/h3-9,13H,1-2H3/t13-/m0/s1. The van der Waals surface area contributed by atoms with E-state index in [1.54, 1.807) is 11.8 Å². The molecule has 1 atom stereocenters. The van der Waals surface area contributed by atoms with E-state index in [0.29, 0.717) is 5.92 Å². The van der Waals surface area contributed by atoms with E-state index < -0.39 is 0 Å². The second kappa shape index (κ2) is 4.56. The maximum atomic E-state index is 4.34. The number of aromatic nitrogens is 3. The fourth-order valence-corrected chi connectivity index (χ4v) is 4.69.